The highest BCUT2D eigenvalue weighted by Crippen LogP contribution is 2.48. The molecule has 3 aromatic rings. The van der Waals surface area contributed by atoms with Crippen molar-refractivity contribution in [3.8, 4) is 6.01 Å². The predicted molar refractivity (Wildman–Crippen MR) is 113 cm³/mol. The summed E-state index contributed by atoms with van der Waals surface area (Å²) in [5.74, 6) is 0. The third kappa shape index (κ3) is 4.15. The first-order valence-electron chi connectivity index (χ1n) is 10.6. The van der Waals surface area contributed by atoms with E-state index in [1.54, 1.807) is 0 Å². The van der Waals surface area contributed by atoms with Crippen molar-refractivity contribution in [1.29, 1.82) is 0 Å². The van der Waals surface area contributed by atoms with E-state index in [4.69, 9.17) is 18.9 Å². The van der Waals surface area contributed by atoms with Crippen LogP contribution in [0, 0.1) is 0 Å². The van der Waals surface area contributed by atoms with Crippen LogP contribution in [0.15, 0.2) is 77.7 Å². The molecule has 0 amide bonds. The molecule has 1 saturated heterocycles. The van der Waals surface area contributed by atoms with Gasteiger partial charge in [-0.3, -0.25) is 9.36 Å². The van der Waals surface area contributed by atoms with Crippen LogP contribution in [-0.4, -0.2) is 40.4 Å². The van der Waals surface area contributed by atoms with Crippen molar-refractivity contribution in [2.24, 2.45) is 0 Å². The molecule has 0 spiro atoms. The average Bonchev–Trinajstić information content (AvgIpc) is 3.32. The molecular weight excluding hydrogens is 434 g/mol. The summed E-state index contributed by atoms with van der Waals surface area (Å²) in [6, 6.07) is 19.7. The number of hydrogen-bond donors (Lipinski definition) is 0. The Balaban J connectivity index is 1.42. The van der Waals surface area contributed by atoms with Crippen molar-refractivity contribution in [2.45, 2.75) is 43.7 Å². The molecule has 3 heterocycles. The minimum atomic E-state index is -2.92. The topological polar surface area (TPSA) is 71.8 Å². The summed E-state index contributed by atoms with van der Waals surface area (Å²) >= 11 is 0. The minimum absolute atomic E-state index is 0.0129. The Morgan fingerprint density at radius 3 is 2.33 bits per heavy atom. The van der Waals surface area contributed by atoms with Gasteiger partial charge in [0, 0.05) is 12.3 Å². The molecule has 2 aliphatic rings. The van der Waals surface area contributed by atoms with E-state index in [1.165, 1.54) is 16.8 Å². The molecule has 1 aromatic heterocycles. The van der Waals surface area contributed by atoms with Gasteiger partial charge in [0.1, 0.15) is 6.10 Å². The summed E-state index contributed by atoms with van der Waals surface area (Å²) in [5.41, 5.74) is -0.892. The minimum Gasteiger partial charge on any atom is -0.453 e. The van der Waals surface area contributed by atoms with Gasteiger partial charge in [-0.15, -0.1) is 0 Å². The molecule has 0 unspecified atom stereocenters. The lowest BCUT2D eigenvalue weighted by Gasteiger charge is -2.34. The zero-order chi connectivity index (χ0) is 22.8. The first-order valence-corrected chi connectivity index (χ1v) is 10.6. The van der Waals surface area contributed by atoms with Crippen LogP contribution in [0.5, 0.6) is 6.01 Å². The molecule has 1 fully saturated rings. The van der Waals surface area contributed by atoms with Crippen LogP contribution in [0.3, 0.4) is 0 Å². The number of rotatable bonds is 8. The molecule has 0 N–H and O–H groups in total. The van der Waals surface area contributed by atoms with Crippen LogP contribution >= 0.6 is 0 Å². The van der Waals surface area contributed by atoms with Gasteiger partial charge in [0.05, 0.1) is 19.8 Å². The molecule has 4 atom stereocenters. The number of aromatic nitrogens is 2. The number of alkyl halides is 2. The van der Waals surface area contributed by atoms with Crippen molar-refractivity contribution in [3.63, 3.8) is 0 Å². The number of ether oxygens (including phenoxy) is 4. The first-order chi connectivity index (χ1) is 16.1. The monoisotopic (exact) mass is 456 g/mol. The van der Waals surface area contributed by atoms with Gasteiger partial charge in [-0.05, 0) is 11.1 Å². The first kappa shape index (κ1) is 21.7. The Labute approximate surface area is 188 Å². The molecular formula is C24H22F2N2O5. The maximum absolute atomic E-state index is 14.6. The fraction of sp³-hybridized carbons (Fsp3) is 0.333. The second-order valence-corrected chi connectivity index (χ2v) is 8.00. The van der Waals surface area contributed by atoms with E-state index in [-0.39, 0.29) is 19.2 Å². The number of fused-ring (bicyclic) bond motifs is 3. The Hall–Kier alpha value is -3.14. The van der Waals surface area contributed by atoms with Gasteiger partial charge in [-0.1, -0.05) is 60.7 Å². The fourth-order valence-corrected chi connectivity index (χ4v) is 4.17. The number of hydrogen-bond acceptors (Lipinski definition) is 6. The Morgan fingerprint density at radius 1 is 1.00 bits per heavy atom. The standard InChI is InChI=1S/C24H22F2N2O5/c25-22(26)24(15-30-13-16-7-3-1-4-8-16)20(31-14-17-9-5-2-6-10-17)19-21(33-24)28-12-11-18(29)27-23(28)32-19/h1-12,19-22H,13-15H2/t19-,20-,21+,24+/m0/s1. The molecule has 7 nitrogen and oxygen atoms in total. The highest BCUT2D eigenvalue weighted by Gasteiger charge is 2.65. The molecule has 9 heteroatoms. The van der Waals surface area contributed by atoms with Crippen molar-refractivity contribution >= 4 is 0 Å². The van der Waals surface area contributed by atoms with Crippen LogP contribution in [-0.2, 0) is 27.4 Å². The van der Waals surface area contributed by atoms with Crippen molar-refractivity contribution in [1.82, 2.24) is 9.55 Å². The van der Waals surface area contributed by atoms with E-state index < -0.39 is 42.6 Å². The summed E-state index contributed by atoms with van der Waals surface area (Å²) in [6.07, 6.45) is -4.51. The van der Waals surface area contributed by atoms with E-state index in [0.29, 0.717) is 0 Å². The van der Waals surface area contributed by atoms with E-state index in [9.17, 15) is 13.6 Å². The van der Waals surface area contributed by atoms with Crippen molar-refractivity contribution < 1.29 is 27.7 Å². The maximum atomic E-state index is 14.6. The van der Waals surface area contributed by atoms with Gasteiger partial charge in [0.2, 0.25) is 0 Å². The van der Waals surface area contributed by atoms with E-state index in [2.05, 4.69) is 4.98 Å². The summed E-state index contributed by atoms with van der Waals surface area (Å²) in [5, 5.41) is 0. The summed E-state index contributed by atoms with van der Waals surface area (Å²) < 4.78 is 54.1. The third-order valence-corrected chi connectivity index (χ3v) is 5.80. The van der Waals surface area contributed by atoms with Crippen molar-refractivity contribution in [3.05, 3.63) is 94.4 Å². The molecule has 0 radical (unpaired) electrons. The van der Waals surface area contributed by atoms with Crippen LogP contribution in [0.4, 0.5) is 8.78 Å². The maximum Gasteiger partial charge on any atom is 0.302 e. The zero-order valence-electron chi connectivity index (χ0n) is 17.6. The lowest BCUT2D eigenvalue weighted by molar-refractivity contribution is -0.216. The molecule has 2 aliphatic heterocycles. The van der Waals surface area contributed by atoms with Gasteiger partial charge >= 0.3 is 6.01 Å². The zero-order valence-corrected chi connectivity index (χ0v) is 17.6. The van der Waals surface area contributed by atoms with Crippen LogP contribution in [0.2, 0.25) is 0 Å². The van der Waals surface area contributed by atoms with Gasteiger partial charge in [-0.25, -0.2) is 8.78 Å². The van der Waals surface area contributed by atoms with E-state index in [1.807, 2.05) is 60.7 Å². The second kappa shape index (κ2) is 9.01. The van der Waals surface area contributed by atoms with Gasteiger partial charge in [0.15, 0.2) is 17.9 Å². The van der Waals surface area contributed by atoms with Gasteiger partial charge in [-0.2, -0.15) is 4.98 Å². The summed E-state index contributed by atoms with van der Waals surface area (Å²) in [7, 11) is 0. The smallest absolute Gasteiger partial charge is 0.302 e. The highest BCUT2D eigenvalue weighted by atomic mass is 19.3. The van der Waals surface area contributed by atoms with Crippen LogP contribution in [0.25, 0.3) is 0 Å². The molecule has 2 aromatic carbocycles. The molecule has 33 heavy (non-hydrogen) atoms. The molecule has 0 saturated carbocycles. The summed E-state index contributed by atoms with van der Waals surface area (Å²) in [4.78, 5) is 15.5. The molecule has 5 rings (SSSR count). The predicted octanol–water partition coefficient (Wildman–Crippen LogP) is 3.34. The SMILES string of the molecule is O=c1ccn2c(n1)O[C@@H]1[C@H]2O[C@@](COCc2ccccc2)(C(F)F)[C@H]1OCc1ccccc1. The number of nitrogens with zero attached hydrogens (tertiary/aromatic N) is 2. The molecule has 0 aliphatic carbocycles. The Morgan fingerprint density at radius 2 is 1.67 bits per heavy atom. The Kier molecular flexibility index (Phi) is 5.92. The average molecular weight is 456 g/mol. The molecule has 0 bridgehead atoms. The van der Waals surface area contributed by atoms with E-state index >= 15 is 0 Å². The van der Waals surface area contributed by atoms with Gasteiger partial charge in [0.25, 0.3) is 12.0 Å². The molecule has 172 valence electrons. The van der Waals surface area contributed by atoms with Crippen LogP contribution < -0.4 is 10.3 Å². The fourth-order valence-electron chi connectivity index (χ4n) is 4.17. The lowest BCUT2D eigenvalue weighted by Crippen LogP contribution is -2.54. The van der Waals surface area contributed by atoms with Gasteiger partial charge < -0.3 is 18.9 Å². The van der Waals surface area contributed by atoms with E-state index in [0.717, 1.165) is 11.1 Å². The lowest BCUT2D eigenvalue weighted by atomic mass is 9.96. The number of benzene rings is 2. The third-order valence-electron chi connectivity index (χ3n) is 5.80. The quantitative estimate of drug-likeness (QED) is 0.518. The normalized spacial score (nSPS) is 25.6. The van der Waals surface area contributed by atoms with Crippen molar-refractivity contribution in [2.75, 3.05) is 6.61 Å². The highest BCUT2D eigenvalue weighted by molar-refractivity contribution is 5.18. The Bertz CT molecular complexity index is 1140. The van der Waals surface area contributed by atoms with Crippen LogP contribution in [0.1, 0.15) is 17.4 Å². The number of halogens is 2. The second-order valence-electron chi connectivity index (χ2n) is 8.00. The largest absolute Gasteiger partial charge is 0.453 e. The summed E-state index contributed by atoms with van der Waals surface area (Å²) in [6.45, 7) is -0.181.